The van der Waals surface area contributed by atoms with Crippen molar-refractivity contribution in [2.75, 3.05) is 19.8 Å². The average Bonchev–Trinajstić information content (AvgIpc) is 2.44. The molecule has 0 saturated carbocycles. The second-order valence-electron chi connectivity index (χ2n) is 4.58. The number of nitrogens with one attached hydrogen (secondary N) is 1. The molecule has 1 aliphatic heterocycles. The van der Waals surface area contributed by atoms with Crippen molar-refractivity contribution in [1.29, 1.82) is 0 Å². The summed E-state index contributed by atoms with van der Waals surface area (Å²) in [6.07, 6.45) is -0.897. The van der Waals surface area contributed by atoms with Crippen LogP contribution in [0.15, 0.2) is 12.1 Å². The monoisotopic (exact) mass is 300 g/mol. The molecule has 20 heavy (non-hydrogen) atoms. The van der Waals surface area contributed by atoms with Crippen LogP contribution in [-0.2, 0) is 4.79 Å². The Morgan fingerprint density at radius 1 is 1.50 bits per heavy atom. The second kappa shape index (κ2) is 6.30. The number of aliphatic hydroxyl groups is 1. The van der Waals surface area contributed by atoms with Crippen molar-refractivity contribution in [3.8, 4) is 11.5 Å². The highest BCUT2D eigenvalue weighted by atomic mass is 35.5. The second-order valence-corrected chi connectivity index (χ2v) is 4.98. The highest BCUT2D eigenvalue weighted by Crippen LogP contribution is 2.39. The van der Waals surface area contributed by atoms with Crippen LogP contribution in [0.1, 0.15) is 18.6 Å². The van der Waals surface area contributed by atoms with Gasteiger partial charge in [-0.05, 0) is 24.6 Å². The van der Waals surface area contributed by atoms with Gasteiger partial charge in [0.05, 0.1) is 17.2 Å². The summed E-state index contributed by atoms with van der Waals surface area (Å²) in [5.41, 5.74) is 5.97. The normalized spacial score (nSPS) is 16.4. The molecule has 0 aromatic heterocycles. The summed E-state index contributed by atoms with van der Waals surface area (Å²) in [6.45, 7) is 2.50. The number of carbonyl (C=O) groups is 1. The quantitative estimate of drug-likeness (QED) is 0.757. The lowest BCUT2D eigenvalue weighted by Gasteiger charge is -2.21. The van der Waals surface area contributed by atoms with Crippen LogP contribution in [0.5, 0.6) is 11.5 Å². The summed E-state index contributed by atoms with van der Waals surface area (Å²) < 4.78 is 10.8. The van der Waals surface area contributed by atoms with E-state index in [2.05, 4.69) is 5.32 Å². The molecule has 1 unspecified atom stereocenters. The minimum atomic E-state index is -0.897. The van der Waals surface area contributed by atoms with Crippen LogP contribution < -0.4 is 20.5 Å². The standard InChI is InChI=1S/C13H17ClN2O4/c1-7(15)13(18)16-6-10(17)8-4-9(14)12-11(5-8)19-2-3-20-12/h4-5,7,10,17H,2-3,6,15H2,1H3,(H,16,18)/t7-,10?/m1/s1. The van der Waals surface area contributed by atoms with Gasteiger partial charge in [-0.25, -0.2) is 0 Å². The molecule has 0 bridgehead atoms. The van der Waals surface area contributed by atoms with E-state index in [0.29, 0.717) is 35.3 Å². The van der Waals surface area contributed by atoms with Crippen molar-refractivity contribution in [1.82, 2.24) is 5.32 Å². The van der Waals surface area contributed by atoms with Crippen LogP contribution in [0.2, 0.25) is 5.02 Å². The molecule has 0 fully saturated rings. The van der Waals surface area contributed by atoms with Crippen molar-refractivity contribution in [2.24, 2.45) is 5.73 Å². The number of hydrogen-bond donors (Lipinski definition) is 3. The van der Waals surface area contributed by atoms with E-state index in [4.69, 9.17) is 26.8 Å². The number of ether oxygens (including phenoxy) is 2. The van der Waals surface area contributed by atoms with Gasteiger partial charge in [0.15, 0.2) is 11.5 Å². The molecule has 2 rings (SSSR count). The summed E-state index contributed by atoms with van der Waals surface area (Å²) in [4.78, 5) is 11.4. The largest absolute Gasteiger partial charge is 0.486 e. The van der Waals surface area contributed by atoms with Gasteiger partial charge in [-0.3, -0.25) is 4.79 Å². The molecule has 4 N–H and O–H groups in total. The minimum Gasteiger partial charge on any atom is -0.486 e. The van der Waals surface area contributed by atoms with Gasteiger partial charge in [0, 0.05) is 6.54 Å². The molecule has 1 aromatic rings. The Morgan fingerprint density at radius 3 is 2.90 bits per heavy atom. The molecular weight excluding hydrogens is 284 g/mol. The van der Waals surface area contributed by atoms with Crippen LogP contribution in [0.4, 0.5) is 0 Å². The fourth-order valence-corrected chi connectivity index (χ4v) is 2.07. The molecule has 110 valence electrons. The Labute approximate surface area is 121 Å². The number of benzene rings is 1. The van der Waals surface area contributed by atoms with Crippen LogP contribution in [0.3, 0.4) is 0 Å². The highest BCUT2D eigenvalue weighted by molar-refractivity contribution is 6.32. The van der Waals surface area contributed by atoms with Crippen molar-refractivity contribution in [3.63, 3.8) is 0 Å². The fourth-order valence-electron chi connectivity index (χ4n) is 1.80. The molecule has 1 heterocycles. The van der Waals surface area contributed by atoms with Crippen LogP contribution >= 0.6 is 11.6 Å². The molecule has 0 radical (unpaired) electrons. The molecule has 1 aliphatic rings. The first kappa shape index (κ1) is 14.9. The maximum atomic E-state index is 11.4. The van der Waals surface area contributed by atoms with Gasteiger partial charge in [-0.2, -0.15) is 0 Å². The lowest BCUT2D eigenvalue weighted by molar-refractivity contribution is -0.122. The molecular formula is C13H17ClN2O4. The van der Waals surface area contributed by atoms with Gasteiger partial charge in [0.1, 0.15) is 13.2 Å². The Hall–Kier alpha value is -1.50. The molecule has 6 nitrogen and oxygen atoms in total. The van der Waals surface area contributed by atoms with Gasteiger partial charge in [0.2, 0.25) is 5.91 Å². The summed E-state index contributed by atoms with van der Waals surface area (Å²) in [7, 11) is 0. The van der Waals surface area contributed by atoms with E-state index in [1.807, 2.05) is 0 Å². The van der Waals surface area contributed by atoms with E-state index in [1.165, 1.54) is 0 Å². The molecule has 2 atom stereocenters. The van der Waals surface area contributed by atoms with Gasteiger partial charge in [0.25, 0.3) is 0 Å². The third-order valence-corrected chi connectivity index (χ3v) is 3.17. The first-order valence-corrected chi connectivity index (χ1v) is 6.67. The average molecular weight is 301 g/mol. The van der Waals surface area contributed by atoms with Gasteiger partial charge in [-0.1, -0.05) is 11.6 Å². The molecule has 0 saturated heterocycles. The number of carbonyl (C=O) groups excluding carboxylic acids is 1. The topological polar surface area (TPSA) is 93.8 Å². The summed E-state index contributed by atoms with van der Waals surface area (Å²) in [6, 6.07) is 2.63. The molecule has 0 spiro atoms. The summed E-state index contributed by atoms with van der Waals surface area (Å²) in [5.74, 6) is 0.650. The maximum Gasteiger partial charge on any atom is 0.236 e. The van der Waals surface area contributed by atoms with E-state index in [-0.39, 0.29) is 12.5 Å². The Balaban J connectivity index is 2.08. The predicted molar refractivity (Wildman–Crippen MR) is 74.1 cm³/mol. The fraction of sp³-hybridized carbons (Fsp3) is 0.462. The summed E-state index contributed by atoms with van der Waals surface area (Å²) >= 11 is 6.08. The maximum absolute atomic E-state index is 11.4. The molecule has 7 heteroatoms. The molecule has 1 aromatic carbocycles. The van der Waals surface area contributed by atoms with Gasteiger partial charge < -0.3 is 25.6 Å². The van der Waals surface area contributed by atoms with Crippen molar-refractivity contribution in [3.05, 3.63) is 22.7 Å². The lowest BCUT2D eigenvalue weighted by atomic mass is 10.1. The van der Waals surface area contributed by atoms with Crippen LogP contribution in [0.25, 0.3) is 0 Å². The van der Waals surface area contributed by atoms with Crippen LogP contribution in [0, 0.1) is 0 Å². The Bertz CT molecular complexity index is 507. The first-order valence-electron chi connectivity index (χ1n) is 6.29. The van der Waals surface area contributed by atoms with Gasteiger partial charge in [-0.15, -0.1) is 0 Å². The smallest absolute Gasteiger partial charge is 0.236 e. The predicted octanol–water partition coefficient (Wildman–Crippen LogP) is 0.608. The number of rotatable bonds is 4. The molecule has 1 amide bonds. The van der Waals surface area contributed by atoms with E-state index in [9.17, 15) is 9.90 Å². The van der Waals surface area contributed by atoms with Crippen molar-refractivity contribution < 1.29 is 19.4 Å². The van der Waals surface area contributed by atoms with Gasteiger partial charge >= 0.3 is 0 Å². The Morgan fingerprint density at radius 2 is 2.20 bits per heavy atom. The number of nitrogens with two attached hydrogens (primary N) is 1. The van der Waals surface area contributed by atoms with Crippen LogP contribution in [-0.4, -0.2) is 36.8 Å². The zero-order valence-corrected chi connectivity index (χ0v) is 11.8. The number of amides is 1. The first-order chi connectivity index (χ1) is 9.49. The third kappa shape index (κ3) is 3.33. The SMILES string of the molecule is C[C@@H](N)C(=O)NCC(O)c1cc(Cl)c2c(c1)OCCO2. The summed E-state index contributed by atoms with van der Waals surface area (Å²) in [5, 5.41) is 13.0. The van der Waals surface area contributed by atoms with Crippen molar-refractivity contribution >= 4 is 17.5 Å². The van der Waals surface area contributed by atoms with E-state index in [1.54, 1.807) is 19.1 Å². The zero-order chi connectivity index (χ0) is 14.7. The number of halogens is 1. The number of hydrogen-bond acceptors (Lipinski definition) is 5. The number of aliphatic hydroxyl groups excluding tert-OH is 1. The Kier molecular flexibility index (Phi) is 4.69. The number of fused-ring (bicyclic) bond motifs is 1. The van der Waals surface area contributed by atoms with E-state index < -0.39 is 12.1 Å². The zero-order valence-electron chi connectivity index (χ0n) is 11.1. The highest BCUT2D eigenvalue weighted by Gasteiger charge is 2.20. The van der Waals surface area contributed by atoms with E-state index >= 15 is 0 Å². The van der Waals surface area contributed by atoms with E-state index in [0.717, 1.165) is 0 Å². The third-order valence-electron chi connectivity index (χ3n) is 2.89. The van der Waals surface area contributed by atoms with Crippen molar-refractivity contribution in [2.45, 2.75) is 19.1 Å². The lowest BCUT2D eigenvalue weighted by Crippen LogP contribution is -2.40. The molecule has 0 aliphatic carbocycles. The minimum absolute atomic E-state index is 0.0519.